The maximum atomic E-state index is 13.7. The highest BCUT2D eigenvalue weighted by molar-refractivity contribution is 5.95. The van der Waals surface area contributed by atoms with Gasteiger partial charge in [-0.15, -0.1) is 0 Å². The number of anilines is 2. The van der Waals surface area contributed by atoms with Gasteiger partial charge < -0.3 is 5.32 Å². The van der Waals surface area contributed by atoms with Crippen LogP contribution in [0.3, 0.4) is 0 Å². The molecule has 3 rings (SSSR count). The predicted octanol–water partition coefficient (Wildman–Crippen LogP) is 4.32. The lowest BCUT2D eigenvalue weighted by atomic mass is 10.1. The fourth-order valence-electron chi connectivity index (χ4n) is 2.19. The van der Waals surface area contributed by atoms with E-state index in [-0.39, 0.29) is 11.6 Å². The summed E-state index contributed by atoms with van der Waals surface area (Å²) in [6.45, 7) is 1.53. The molecule has 3 aromatic rings. The molecular formula is C17H13FN2O. The molecule has 104 valence electrons. The van der Waals surface area contributed by atoms with Crippen molar-refractivity contribution in [3.63, 3.8) is 0 Å². The molecule has 0 unspecified atom stereocenters. The Balaban J connectivity index is 1.98. The van der Waals surface area contributed by atoms with Crippen LogP contribution in [-0.4, -0.2) is 10.8 Å². The molecular weight excluding hydrogens is 267 g/mol. The topological polar surface area (TPSA) is 42.0 Å². The lowest BCUT2D eigenvalue weighted by Gasteiger charge is -2.10. The second kappa shape index (κ2) is 5.32. The van der Waals surface area contributed by atoms with E-state index in [1.165, 1.54) is 13.0 Å². The fourth-order valence-corrected chi connectivity index (χ4v) is 2.19. The Morgan fingerprint density at radius 2 is 1.86 bits per heavy atom. The van der Waals surface area contributed by atoms with Crippen LogP contribution in [0.5, 0.6) is 0 Å². The summed E-state index contributed by atoms with van der Waals surface area (Å²) in [7, 11) is 0. The van der Waals surface area contributed by atoms with Crippen LogP contribution in [0.15, 0.2) is 54.7 Å². The highest BCUT2D eigenvalue weighted by atomic mass is 19.1. The van der Waals surface area contributed by atoms with Gasteiger partial charge in [-0.1, -0.05) is 12.1 Å². The lowest BCUT2D eigenvalue weighted by Crippen LogP contribution is -1.95. The van der Waals surface area contributed by atoms with Crippen molar-refractivity contribution in [2.45, 2.75) is 6.92 Å². The maximum Gasteiger partial charge on any atom is 0.159 e. The van der Waals surface area contributed by atoms with Crippen LogP contribution >= 0.6 is 0 Å². The average Bonchev–Trinajstić information content (AvgIpc) is 2.49. The summed E-state index contributed by atoms with van der Waals surface area (Å²) in [5, 5.41) is 3.94. The SMILES string of the molecule is CC(=O)c1ccc(Nc2ccnc3c(F)cccc23)cc1. The Kier molecular flexibility index (Phi) is 3.36. The molecule has 1 heterocycles. The van der Waals surface area contributed by atoms with Gasteiger partial charge >= 0.3 is 0 Å². The molecule has 1 N–H and O–H groups in total. The van der Waals surface area contributed by atoms with E-state index in [1.807, 2.05) is 18.2 Å². The molecule has 21 heavy (non-hydrogen) atoms. The number of hydrogen-bond donors (Lipinski definition) is 1. The molecule has 0 bridgehead atoms. The number of benzene rings is 2. The Morgan fingerprint density at radius 1 is 1.10 bits per heavy atom. The number of carbonyl (C=O) groups is 1. The van der Waals surface area contributed by atoms with Crippen LogP contribution in [0.2, 0.25) is 0 Å². The van der Waals surface area contributed by atoms with Gasteiger partial charge in [-0.3, -0.25) is 9.78 Å². The number of pyridine rings is 1. The van der Waals surface area contributed by atoms with E-state index < -0.39 is 0 Å². The molecule has 0 saturated carbocycles. The quantitative estimate of drug-likeness (QED) is 0.726. The Bertz CT molecular complexity index is 813. The summed E-state index contributed by atoms with van der Waals surface area (Å²) in [5.74, 6) is -0.318. The number of hydrogen-bond acceptors (Lipinski definition) is 3. The van der Waals surface area contributed by atoms with Crippen molar-refractivity contribution in [3.05, 3.63) is 66.1 Å². The number of aromatic nitrogens is 1. The van der Waals surface area contributed by atoms with Gasteiger partial charge in [0.15, 0.2) is 5.78 Å². The largest absolute Gasteiger partial charge is 0.355 e. The summed E-state index contributed by atoms with van der Waals surface area (Å²) in [6.07, 6.45) is 1.57. The number of halogens is 1. The van der Waals surface area contributed by atoms with Crippen molar-refractivity contribution in [2.24, 2.45) is 0 Å². The number of Topliss-reactive ketones (excluding diaryl/α,β-unsaturated/α-hetero) is 1. The third-order valence-corrected chi connectivity index (χ3v) is 3.29. The zero-order valence-corrected chi connectivity index (χ0v) is 11.4. The van der Waals surface area contributed by atoms with Crippen LogP contribution in [0.4, 0.5) is 15.8 Å². The zero-order chi connectivity index (χ0) is 14.8. The molecule has 0 saturated heterocycles. The molecule has 0 aliphatic carbocycles. The first kappa shape index (κ1) is 13.2. The molecule has 2 aromatic carbocycles. The molecule has 4 heteroatoms. The average molecular weight is 280 g/mol. The van der Waals surface area contributed by atoms with Gasteiger partial charge in [-0.25, -0.2) is 4.39 Å². The Morgan fingerprint density at radius 3 is 2.57 bits per heavy atom. The van der Waals surface area contributed by atoms with E-state index in [2.05, 4.69) is 10.3 Å². The van der Waals surface area contributed by atoms with Crippen molar-refractivity contribution in [1.29, 1.82) is 0 Å². The van der Waals surface area contributed by atoms with E-state index in [0.717, 1.165) is 11.4 Å². The first-order valence-corrected chi connectivity index (χ1v) is 6.56. The van der Waals surface area contributed by atoms with Crippen molar-refractivity contribution >= 4 is 28.1 Å². The smallest absolute Gasteiger partial charge is 0.159 e. The highest BCUT2D eigenvalue weighted by Crippen LogP contribution is 2.26. The van der Waals surface area contributed by atoms with Crippen molar-refractivity contribution < 1.29 is 9.18 Å². The molecule has 0 atom stereocenters. The number of rotatable bonds is 3. The summed E-state index contributed by atoms with van der Waals surface area (Å²) in [6, 6.07) is 13.8. The van der Waals surface area contributed by atoms with E-state index in [4.69, 9.17) is 0 Å². The van der Waals surface area contributed by atoms with Crippen LogP contribution in [-0.2, 0) is 0 Å². The number of carbonyl (C=O) groups excluding carboxylic acids is 1. The lowest BCUT2D eigenvalue weighted by molar-refractivity contribution is 0.101. The first-order valence-electron chi connectivity index (χ1n) is 6.56. The summed E-state index contributed by atoms with van der Waals surface area (Å²) in [4.78, 5) is 15.3. The highest BCUT2D eigenvalue weighted by Gasteiger charge is 2.06. The summed E-state index contributed by atoms with van der Waals surface area (Å²) < 4.78 is 13.7. The van der Waals surface area contributed by atoms with E-state index >= 15 is 0 Å². The number of ketones is 1. The second-order valence-corrected chi connectivity index (χ2v) is 4.75. The molecule has 0 spiro atoms. The number of fused-ring (bicyclic) bond motifs is 1. The molecule has 3 nitrogen and oxygen atoms in total. The van der Waals surface area contributed by atoms with Crippen LogP contribution < -0.4 is 5.32 Å². The van der Waals surface area contributed by atoms with E-state index in [0.29, 0.717) is 16.5 Å². The van der Waals surface area contributed by atoms with Gasteiger partial charge in [0, 0.05) is 28.5 Å². The molecule has 0 amide bonds. The van der Waals surface area contributed by atoms with Crippen molar-refractivity contribution in [2.75, 3.05) is 5.32 Å². The standard InChI is InChI=1S/C17H13FN2O/c1-11(21)12-5-7-13(8-6-12)20-16-9-10-19-17-14(16)3-2-4-15(17)18/h2-10H,1H3,(H,19,20). The van der Waals surface area contributed by atoms with Crippen LogP contribution in [0, 0.1) is 5.82 Å². The number of para-hydroxylation sites is 1. The number of nitrogens with one attached hydrogen (secondary N) is 1. The minimum absolute atomic E-state index is 0.0259. The fraction of sp³-hybridized carbons (Fsp3) is 0.0588. The molecule has 0 aliphatic rings. The third-order valence-electron chi connectivity index (χ3n) is 3.29. The van der Waals surface area contributed by atoms with Crippen LogP contribution in [0.25, 0.3) is 10.9 Å². The molecule has 1 aromatic heterocycles. The van der Waals surface area contributed by atoms with Gasteiger partial charge in [-0.2, -0.15) is 0 Å². The van der Waals surface area contributed by atoms with Gasteiger partial charge in [0.2, 0.25) is 0 Å². The van der Waals surface area contributed by atoms with Gasteiger partial charge in [0.05, 0.1) is 0 Å². The third kappa shape index (κ3) is 2.60. The molecule has 0 aliphatic heterocycles. The number of nitrogens with zero attached hydrogens (tertiary/aromatic N) is 1. The normalized spacial score (nSPS) is 10.6. The van der Waals surface area contributed by atoms with Crippen LogP contribution in [0.1, 0.15) is 17.3 Å². The zero-order valence-electron chi connectivity index (χ0n) is 11.4. The minimum Gasteiger partial charge on any atom is -0.355 e. The summed E-state index contributed by atoms with van der Waals surface area (Å²) in [5.41, 5.74) is 2.60. The van der Waals surface area contributed by atoms with Gasteiger partial charge in [0.25, 0.3) is 0 Å². The van der Waals surface area contributed by atoms with Gasteiger partial charge in [0.1, 0.15) is 11.3 Å². The first-order chi connectivity index (χ1) is 10.1. The Hall–Kier alpha value is -2.75. The van der Waals surface area contributed by atoms with E-state index in [1.54, 1.807) is 30.5 Å². The second-order valence-electron chi connectivity index (χ2n) is 4.75. The van der Waals surface area contributed by atoms with Gasteiger partial charge in [-0.05, 0) is 43.3 Å². The van der Waals surface area contributed by atoms with Crippen molar-refractivity contribution in [3.8, 4) is 0 Å². The minimum atomic E-state index is -0.344. The maximum absolute atomic E-state index is 13.7. The molecule has 0 radical (unpaired) electrons. The van der Waals surface area contributed by atoms with Crippen molar-refractivity contribution in [1.82, 2.24) is 4.98 Å². The monoisotopic (exact) mass is 280 g/mol. The Labute approximate surface area is 121 Å². The van der Waals surface area contributed by atoms with E-state index in [9.17, 15) is 9.18 Å². The summed E-state index contributed by atoms with van der Waals surface area (Å²) >= 11 is 0. The predicted molar refractivity (Wildman–Crippen MR) is 81.4 cm³/mol. The molecule has 0 fully saturated rings.